The van der Waals surface area contributed by atoms with E-state index in [1.165, 1.54) is 49.2 Å². The van der Waals surface area contributed by atoms with Gasteiger partial charge in [-0.25, -0.2) is 4.39 Å². The highest BCUT2D eigenvalue weighted by Crippen LogP contribution is 2.39. The van der Waals surface area contributed by atoms with Gasteiger partial charge in [-0.2, -0.15) is 0 Å². The summed E-state index contributed by atoms with van der Waals surface area (Å²) in [5.41, 5.74) is 1.21. The van der Waals surface area contributed by atoms with E-state index in [9.17, 15) is 14.0 Å². The average Bonchev–Trinajstić information content (AvgIpc) is 3.33. The number of halogens is 1. The Morgan fingerprint density at radius 3 is 2.81 bits per heavy atom. The molecule has 142 valence electrons. The summed E-state index contributed by atoms with van der Waals surface area (Å²) in [5.74, 6) is -0.0341. The number of thiophene rings is 1. The third kappa shape index (κ3) is 3.90. The first-order chi connectivity index (χ1) is 13.1. The van der Waals surface area contributed by atoms with E-state index in [0.29, 0.717) is 23.6 Å². The highest BCUT2D eigenvalue weighted by atomic mass is 32.1. The van der Waals surface area contributed by atoms with E-state index in [1.54, 1.807) is 11.0 Å². The molecule has 1 aromatic heterocycles. The van der Waals surface area contributed by atoms with Crippen molar-refractivity contribution in [1.29, 1.82) is 0 Å². The molecule has 6 heteroatoms. The number of fused-ring (bicyclic) bond motifs is 1. The van der Waals surface area contributed by atoms with E-state index >= 15 is 0 Å². The van der Waals surface area contributed by atoms with Gasteiger partial charge in [0, 0.05) is 22.5 Å². The van der Waals surface area contributed by atoms with Crippen molar-refractivity contribution in [1.82, 2.24) is 4.90 Å². The van der Waals surface area contributed by atoms with Crippen molar-refractivity contribution in [3.63, 3.8) is 0 Å². The number of carbonyl (C=O) groups excluding carboxylic acids is 2. The molecule has 1 saturated carbocycles. The van der Waals surface area contributed by atoms with Crippen LogP contribution >= 0.6 is 11.3 Å². The van der Waals surface area contributed by atoms with E-state index in [1.807, 2.05) is 17.5 Å². The fourth-order valence-electron chi connectivity index (χ4n) is 4.23. The van der Waals surface area contributed by atoms with Crippen molar-refractivity contribution in [2.45, 2.75) is 44.6 Å². The van der Waals surface area contributed by atoms with Gasteiger partial charge in [0.05, 0.1) is 6.04 Å². The van der Waals surface area contributed by atoms with Crippen molar-refractivity contribution in [2.75, 3.05) is 11.9 Å². The van der Waals surface area contributed by atoms with Crippen LogP contribution in [0.1, 0.15) is 55.0 Å². The topological polar surface area (TPSA) is 49.4 Å². The van der Waals surface area contributed by atoms with Gasteiger partial charge >= 0.3 is 0 Å². The normalized spacial score (nSPS) is 20.3. The zero-order valence-electron chi connectivity index (χ0n) is 15.1. The van der Waals surface area contributed by atoms with Gasteiger partial charge in [-0.1, -0.05) is 31.7 Å². The van der Waals surface area contributed by atoms with Crippen LogP contribution in [0.5, 0.6) is 0 Å². The third-order valence-corrected chi connectivity index (χ3v) is 6.51. The van der Waals surface area contributed by atoms with Crippen LogP contribution in [-0.2, 0) is 9.59 Å². The predicted octanol–water partition coefficient (Wildman–Crippen LogP) is 4.73. The number of nitrogens with one attached hydrogen (secondary N) is 1. The Morgan fingerprint density at radius 2 is 2.07 bits per heavy atom. The van der Waals surface area contributed by atoms with Crippen LogP contribution in [0.25, 0.3) is 0 Å². The molecular formula is C21H23FN2O2S. The maximum Gasteiger partial charge on any atom is 0.244 e. The van der Waals surface area contributed by atoms with Crippen molar-refractivity contribution >= 4 is 28.8 Å². The third-order valence-electron chi connectivity index (χ3n) is 5.58. The molecule has 1 unspecified atom stereocenters. The lowest BCUT2D eigenvalue weighted by atomic mass is 9.99. The first kappa shape index (κ1) is 18.2. The smallest absolute Gasteiger partial charge is 0.244 e. The Morgan fingerprint density at radius 1 is 1.26 bits per heavy atom. The SMILES string of the molecule is O=C1CN(C(=O)CCC2CCCC2)C(c2cccs2)c2cc(F)ccc2N1. The van der Waals surface area contributed by atoms with Crippen LogP contribution in [0.2, 0.25) is 0 Å². The van der Waals surface area contributed by atoms with Crippen LogP contribution in [-0.4, -0.2) is 23.3 Å². The number of hydrogen-bond acceptors (Lipinski definition) is 3. The van der Waals surface area contributed by atoms with E-state index < -0.39 is 6.04 Å². The number of amides is 2. The molecule has 2 aromatic rings. The van der Waals surface area contributed by atoms with Crippen LogP contribution in [0.15, 0.2) is 35.7 Å². The molecule has 1 aromatic carbocycles. The maximum atomic E-state index is 14.0. The largest absolute Gasteiger partial charge is 0.324 e. The minimum atomic E-state index is -0.439. The van der Waals surface area contributed by atoms with E-state index in [2.05, 4.69) is 5.32 Å². The second-order valence-corrected chi connectivity index (χ2v) is 8.39. The Kier molecular flexibility index (Phi) is 5.25. The van der Waals surface area contributed by atoms with Crippen molar-refractivity contribution < 1.29 is 14.0 Å². The molecule has 4 rings (SSSR count). The monoisotopic (exact) mass is 386 g/mol. The molecule has 1 atom stereocenters. The Labute approximate surface area is 162 Å². The summed E-state index contributed by atoms with van der Waals surface area (Å²) in [4.78, 5) is 28.1. The van der Waals surface area contributed by atoms with Crippen molar-refractivity contribution in [3.05, 3.63) is 52.0 Å². The second kappa shape index (κ2) is 7.80. The lowest BCUT2D eigenvalue weighted by Crippen LogP contribution is -2.38. The van der Waals surface area contributed by atoms with Gasteiger partial charge in [-0.3, -0.25) is 9.59 Å². The Bertz CT molecular complexity index is 831. The number of carbonyl (C=O) groups is 2. The molecule has 0 saturated heterocycles. The number of hydrogen-bond donors (Lipinski definition) is 1. The summed E-state index contributed by atoms with van der Waals surface area (Å²) in [6.45, 7) is -0.0115. The average molecular weight is 386 g/mol. The zero-order chi connectivity index (χ0) is 18.8. The van der Waals surface area contributed by atoms with Gasteiger partial charge in [0.1, 0.15) is 12.4 Å². The minimum Gasteiger partial charge on any atom is -0.324 e. The van der Waals surface area contributed by atoms with E-state index in [0.717, 1.165) is 11.3 Å². The summed E-state index contributed by atoms with van der Waals surface area (Å²) in [5, 5.41) is 4.77. The number of rotatable bonds is 4. The first-order valence-electron chi connectivity index (χ1n) is 9.54. The molecule has 27 heavy (non-hydrogen) atoms. The molecule has 2 amide bonds. The van der Waals surface area contributed by atoms with Gasteiger partial charge in [0.25, 0.3) is 0 Å². The standard InChI is InChI=1S/C21H23FN2O2S/c22-15-8-9-17-16(12-15)21(18-6-3-11-27-18)24(13-19(25)23-17)20(26)10-7-14-4-1-2-5-14/h3,6,8-9,11-12,14,21H,1-2,4-5,7,10,13H2,(H,23,25). The van der Waals surface area contributed by atoms with Gasteiger partial charge < -0.3 is 10.2 Å². The summed E-state index contributed by atoms with van der Waals surface area (Å²) >= 11 is 1.52. The molecule has 1 fully saturated rings. The zero-order valence-corrected chi connectivity index (χ0v) is 15.9. The molecular weight excluding hydrogens is 363 g/mol. The molecule has 4 nitrogen and oxygen atoms in total. The van der Waals surface area contributed by atoms with Crippen molar-refractivity contribution in [3.8, 4) is 0 Å². The van der Waals surface area contributed by atoms with Crippen LogP contribution in [0.3, 0.4) is 0 Å². The summed E-state index contributed by atoms with van der Waals surface area (Å²) in [7, 11) is 0. The number of benzene rings is 1. The molecule has 1 N–H and O–H groups in total. The highest BCUT2D eigenvalue weighted by Gasteiger charge is 2.34. The minimum absolute atomic E-state index is 0.0115. The van der Waals surface area contributed by atoms with Crippen LogP contribution in [0.4, 0.5) is 10.1 Å². The van der Waals surface area contributed by atoms with Crippen LogP contribution < -0.4 is 5.32 Å². The molecule has 0 bridgehead atoms. The Hall–Kier alpha value is -2.21. The molecule has 2 heterocycles. The lowest BCUT2D eigenvalue weighted by Gasteiger charge is -2.30. The Balaban J connectivity index is 1.67. The molecule has 2 aliphatic rings. The molecule has 1 aliphatic carbocycles. The molecule has 0 radical (unpaired) electrons. The van der Waals surface area contributed by atoms with Gasteiger partial charge in [0.15, 0.2) is 0 Å². The van der Waals surface area contributed by atoms with Gasteiger partial charge in [-0.05, 0) is 42.0 Å². The van der Waals surface area contributed by atoms with E-state index in [-0.39, 0.29) is 24.2 Å². The van der Waals surface area contributed by atoms with Crippen molar-refractivity contribution in [2.24, 2.45) is 5.92 Å². The fraction of sp³-hybridized carbons (Fsp3) is 0.429. The molecule has 1 aliphatic heterocycles. The highest BCUT2D eigenvalue weighted by molar-refractivity contribution is 7.10. The summed E-state index contributed by atoms with van der Waals surface area (Å²) < 4.78 is 14.0. The van der Waals surface area contributed by atoms with Crippen LogP contribution in [0, 0.1) is 11.7 Å². The fourth-order valence-corrected chi connectivity index (χ4v) is 5.09. The predicted molar refractivity (Wildman–Crippen MR) is 104 cm³/mol. The molecule has 0 spiro atoms. The lowest BCUT2D eigenvalue weighted by molar-refractivity contribution is -0.136. The maximum absolute atomic E-state index is 14.0. The van der Waals surface area contributed by atoms with Gasteiger partial charge in [-0.15, -0.1) is 11.3 Å². The number of nitrogens with zero attached hydrogens (tertiary/aromatic N) is 1. The quantitative estimate of drug-likeness (QED) is 0.826. The van der Waals surface area contributed by atoms with E-state index in [4.69, 9.17) is 0 Å². The van der Waals surface area contributed by atoms with Gasteiger partial charge in [0.2, 0.25) is 11.8 Å². The summed E-state index contributed by atoms with van der Waals surface area (Å²) in [6, 6.07) is 7.77. The second-order valence-electron chi connectivity index (χ2n) is 7.41. The summed E-state index contributed by atoms with van der Waals surface area (Å²) in [6.07, 6.45) is 6.17. The number of anilines is 1. The first-order valence-corrected chi connectivity index (χ1v) is 10.4.